The summed E-state index contributed by atoms with van der Waals surface area (Å²) in [7, 11) is 1.54. The van der Waals surface area contributed by atoms with Crippen molar-refractivity contribution in [2.24, 2.45) is 0 Å². The molecule has 110 valence electrons. The Morgan fingerprint density at radius 1 is 1.38 bits per heavy atom. The van der Waals surface area contributed by atoms with Crippen molar-refractivity contribution in [3.05, 3.63) is 46.9 Å². The summed E-state index contributed by atoms with van der Waals surface area (Å²) in [5.74, 6) is 0.394. The standard InChI is InChI=1S/C14H15N3O3S/c1-9(21-14-15-8-7-12(18)17-14)13(19)16-10-5-3-4-6-11(10)20-2/h3-9H,1-2H3,(H,16,19)(H,15,17,18)/t9-/m1/s1. The molecule has 2 N–H and O–H groups in total. The van der Waals surface area contributed by atoms with Gasteiger partial charge >= 0.3 is 0 Å². The van der Waals surface area contributed by atoms with Crippen molar-refractivity contribution in [1.82, 2.24) is 9.97 Å². The van der Waals surface area contributed by atoms with E-state index in [1.807, 2.05) is 12.1 Å². The topological polar surface area (TPSA) is 84.1 Å². The molecule has 1 atom stereocenters. The monoisotopic (exact) mass is 305 g/mol. The van der Waals surface area contributed by atoms with Crippen molar-refractivity contribution < 1.29 is 9.53 Å². The summed E-state index contributed by atoms with van der Waals surface area (Å²) in [5, 5.41) is 2.78. The number of carbonyl (C=O) groups is 1. The number of aromatic nitrogens is 2. The van der Waals surface area contributed by atoms with Gasteiger partial charge in [-0.05, 0) is 19.1 Å². The lowest BCUT2D eigenvalue weighted by Crippen LogP contribution is -2.23. The van der Waals surface area contributed by atoms with E-state index < -0.39 is 5.25 Å². The Bertz CT molecular complexity index is 687. The summed E-state index contributed by atoms with van der Waals surface area (Å²) in [6.45, 7) is 1.74. The Morgan fingerprint density at radius 3 is 2.86 bits per heavy atom. The molecule has 0 fully saturated rings. The summed E-state index contributed by atoms with van der Waals surface area (Å²) in [6, 6.07) is 8.49. The van der Waals surface area contributed by atoms with Crippen LogP contribution in [-0.2, 0) is 4.79 Å². The van der Waals surface area contributed by atoms with Crippen molar-refractivity contribution >= 4 is 23.4 Å². The van der Waals surface area contributed by atoms with E-state index in [0.717, 1.165) is 0 Å². The maximum atomic E-state index is 12.2. The first-order valence-corrected chi connectivity index (χ1v) is 7.14. The third kappa shape index (κ3) is 4.09. The van der Waals surface area contributed by atoms with Crippen LogP contribution in [0.3, 0.4) is 0 Å². The van der Waals surface area contributed by atoms with E-state index >= 15 is 0 Å². The fraction of sp³-hybridized carbons (Fsp3) is 0.214. The van der Waals surface area contributed by atoms with Gasteiger partial charge in [0.05, 0.1) is 18.0 Å². The average Bonchev–Trinajstić information content (AvgIpc) is 2.47. The van der Waals surface area contributed by atoms with E-state index in [-0.39, 0.29) is 11.5 Å². The van der Waals surface area contributed by atoms with E-state index in [4.69, 9.17) is 4.74 Å². The highest BCUT2D eigenvalue weighted by Gasteiger charge is 2.17. The van der Waals surface area contributed by atoms with Crippen LogP contribution in [0.2, 0.25) is 0 Å². The van der Waals surface area contributed by atoms with Gasteiger partial charge in [0.1, 0.15) is 5.75 Å². The van der Waals surface area contributed by atoms with Crippen LogP contribution in [0.15, 0.2) is 46.5 Å². The van der Waals surface area contributed by atoms with Crippen LogP contribution in [0.4, 0.5) is 5.69 Å². The Kier molecular flexibility index (Phi) is 4.99. The van der Waals surface area contributed by atoms with Gasteiger partial charge in [0, 0.05) is 12.3 Å². The largest absolute Gasteiger partial charge is 0.495 e. The molecule has 1 amide bonds. The third-order valence-corrected chi connectivity index (χ3v) is 3.67. The Labute approximate surface area is 125 Å². The number of ether oxygens (including phenoxy) is 1. The highest BCUT2D eigenvalue weighted by Crippen LogP contribution is 2.25. The van der Waals surface area contributed by atoms with Gasteiger partial charge < -0.3 is 15.0 Å². The number of rotatable bonds is 5. The van der Waals surface area contributed by atoms with Crippen LogP contribution in [0, 0.1) is 0 Å². The van der Waals surface area contributed by atoms with Crippen LogP contribution in [0.25, 0.3) is 0 Å². The zero-order valence-electron chi connectivity index (χ0n) is 11.6. The smallest absolute Gasteiger partial charge is 0.251 e. The molecule has 0 aliphatic rings. The van der Waals surface area contributed by atoms with E-state index in [1.54, 1.807) is 26.2 Å². The predicted molar refractivity (Wildman–Crippen MR) is 81.8 cm³/mol. The zero-order chi connectivity index (χ0) is 15.2. The number of aromatic amines is 1. The number of nitrogens with one attached hydrogen (secondary N) is 2. The van der Waals surface area contributed by atoms with E-state index in [2.05, 4.69) is 15.3 Å². The van der Waals surface area contributed by atoms with Gasteiger partial charge in [0.2, 0.25) is 5.91 Å². The first kappa shape index (κ1) is 15.1. The summed E-state index contributed by atoms with van der Waals surface area (Å²) in [5.41, 5.74) is 0.358. The second kappa shape index (κ2) is 6.94. The maximum absolute atomic E-state index is 12.2. The summed E-state index contributed by atoms with van der Waals surface area (Å²) >= 11 is 1.18. The minimum Gasteiger partial charge on any atom is -0.495 e. The lowest BCUT2D eigenvalue weighted by atomic mass is 10.3. The number of para-hydroxylation sites is 2. The number of amides is 1. The predicted octanol–water partition coefficient (Wildman–Crippen LogP) is 1.90. The number of hydrogen-bond donors (Lipinski definition) is 2. The second-order valence-corrected chi connectivity index (χ2v) is 5.52. The zero-order valence-corrected chi connectivity index (χ0v) is 12.4. The molecule has 1 heterocycles. The summed E-state index contributed by atoms with van der Waals surface area (Å²) in [6.07, 6.45) is 1.41. The van der Waals surface area contributed by atoms with E-state index in [9.17, 15) is 9.59 Å². The number of H-pyrrole nitrogens is 1. The second-order valence-electron chi connectivity index (χ2n) is 4.19. The van der Waals surface area contributed by atoms with Gasteiger partial charge in [0.15, 0.2) is 5.16 Å². The first-order valence-electron chi connectivity index (χ1n) is 6.26. The van der Waals surface area contributed by atoms with Crippen molar-refractivity contribution in [1.29, 1.82) is 0 Å². The van der Waals surface area contributed by atoms with Crippen LogP contribution in [0.5, 0.6) is 5.75 Å². The number of benzene rings is 1. The Morgan fingerprint density at radius 2 is 2.14 bits per heavy atom. The van der Waals surface area contributed by atoms with Crippen molar-refractivity contribution in [3.63, 3.8) is 0 Å². The number of hydrogen-bond acceptors (Lipinski definition) is 5. The molecular formula is C14H15N3O3S. The van der Waals surface area contributed by atoms with Crippen molar-refractivity contribution in [2.45, 2.75) is 17.3 Å². The van der Waals surface area contributed by atoms with Gasteiger partial charge in [-0.3, -0.25) is 9.59 Å². The van der Waals surface area contributed by atoms with Crippen molar-refractivity contribution in [3.8, 4) is 5.75 Å². The average molecular weight is 305 g/mol. The lowest BCUT2D eigenvalue weighted by Gasteiger charge is -2.13. The summed E-state index contributed by atoms with van der Waals surface area (Å²) in [4.78, 5) is 29.9. The number of thioether (sulfide) groups is 1. The Hall–Kier alpha value is -2.28. The molecule has 0 saturated carbocycles. The fourth-order valence-electron chi connectivity index (χ4n) is 1.62. The molecule has 1 aromatic heterocycles. The van der Waals surface area contributed by atoms with Crippen LogP contribution >= 0.6 is 11.8 Å². The number of nitrogens with zero attached hydrogens (tertiary/aromatic N) is 1. The van der Waals surface area contributed by atoms with Gasteiger partial charge in [0.25, 0.3) is 5.56 Å². The van der Waals surface area contributed by atoms with Crippen LogP contribution in [0.1, 0.15) is 6.92 Å². The van der Waals surface area contributed by atoms with Gasteiger partial charge in [-0.1, -0.05) is 23.9 Å². The molecule has 0 radical (unpaired) electrons. The number of anilines is 1. The molecule has 0 saturated heterocycles. The van der Waals surface area contributed by atoms with Crippen LogP contribution < -0.4 is 15.6 Å². The molecule has 7 heteroatoms. The van der Waals surface area contributed by atoms with Gasteiger partial charge in [-0.15, -0.1) is 0 Å². The number of methoxy groups -OCH3 is 1. The Balaban J connectivity index is 2.04. The molecular weight excluding hydrogens is 290 g/mol. The summed E-state index contributed by atoms with van der Waals surface area (Å²) < 4.78 is 5.18. The minimum absolute atomic E-state index is 0.198. The maximum Gasteiger partial charge on any atom is 0.251 e. The first-order chi connectivity index (χ1) is 10.1. The molecule has 6 nitrogen and oxygen atoms in total. The fourth-order valence-corrected chi connectivity index (χ4v) is 2.40. The highest BCUT2D eigenvalue weighted by atomic mass is 32.2. The normalized spacial score (nSPS) is 11.7. The molecule has 2 rings (SSSR count). The van der Waals surface area contributed by atoms with Crippen LogP contribution in [-0.4, -0.2) is 28.2 Å². The molecule has 2 aromatic rings. The van der Waals surface area contributed by atoms with Gasteiger partial charge in [-0.2, -0.15) is 0 Å². The van der Waals surface area contributed by atoms with E-state index in [0.29, 0.717) is 16.6 Å². The van der Waals surface area contributed by atoms with Gasteiger partial charge in [-0.25, -0.2) is 4.98 Å². The van der Waals surface area contributed by atoms with E-state index in [1.165, 1.54) is 24.0 Å². The molecule has 0 aliphatic heterocycles. The van der Waals surface area contributed by atoms with Crippen molar-refractivity contribution in [2.75, 3.05) is 12.4 Å². The molecule has 1 aromatic carbocycles. The minimum atomic E-state index is -0.416. The quantitative estimate of drug-likeness (QED) is 0.651. The molecule has 0 aliphatic carbocycles. The highest BCUT2D eigenvalue weighted by molar-refractivity contribution is 8.00. The molecule has 0 spiro atoms. The molecule has 0 unspecified atom stereocenters. The molecule has 21 heavy (non-hydrogen) atoms. The molecule has 0 bridgehead atoms. The lowest BCUT2D eigenvalue weighted by molar-refractivity contribution is -0.115. The SMILES string of the molecule is COc1ccccc1NC(=O)[C@@H](C)Sc1nccc(=O)[nH]1. The third-order valence-electron chi connectivity index (χ3n) is 2.67. The number of carbonyl (C=O) groups excluding carboxylic acids is 1.